The maximum atomic E-state index is 12.9. The molecule has 0 aliphatic rings. The summed E-state index contributed by atoms with van der Waals surface area (Å²) in [5, 5.41) is 6.84. The smallest absolute Gasteiger partial charge is 0.274 e. The van der Waals surface area contributed by atoms with Crippen LogP contribution < -0.4 is 10.6 Å². The summed E-state index contributed by atoms with van der Waals surface area (Å²) in [5.41, 5.74) is 5.28. The third-order valence-corrected chi connectivity index (χ3v) is 5.52. The number of fused-ring (bicyclic) bond motifs is 1. The molecule has 4 rings (SSSR count). The fourth-order valence-electron chi connectivity index (χ4n) is 3.70. The number of ether oxygens (including phenoxy) is 1. The lowest BCUT2D eigenvalue weighted by molar-refractivity contribution is 0.0987. The number of carbonyl (C=O) groups is 1. The van der Waals surface area contributed by atoms with E-state index in [4.69, 9.17) is 4.74 Å². The first-order valence-corrected chi connectivity index (χ1v) is 10.7. The van der Waals surface area contributed by atoms with Crippen LogP contribution in [0.5, 0.6) is 0 Å². The van der Waals surface area contributed by atoms with E-state index in [9.17, 15) is 4.79 Å². The van der Waals surface area contributed by atoms with Gasteiger partial charge in [0, 0.05) is 61.0 Å². The van der Waals surface area contributed by atoms with Gasteiger partial charge in [0.2, 0.25) is 0 Å². The van der Waals surface area contributed by atoms with E-state index in [0.717, 1.165) is 45.5 Å². The van der Waals surface area contributed by atoms with Crippen LogP contribution in [0.3, 0.4) is 0 Å². The average Bonchev–Trinajstić information content (AvgIpc) is 2.85. The molecule has 0 fully saturated rings. The molecule has 0 aromatic carbocycles. The number of hydrogen-bond donors (Lipinski definition) is 2. The molecule has 0 spiro atoms. The average molecular weight is 443 g/mol. The predicted molar refractivity (Wildman–Crippen MR) is 129 cm³/mol. The van der Waals surface area contributed by atoms with Crippen molar-refractivity contribution in [1.29, 1.82) is 0 Å². The van der Waals surface area contributed by atoms with E-state index in [1.54, 1.807) is 38.0 Å². The van der Waals surface area contributed by atoms with Crippen molar-refractivity contribution in [1.82, 2.24) is 19.9 Å². The van der Waals surface area contributed by atoms with Crippen molar-refractivity contribution in [3.63, 3.8) is 0 Å². The maximum absolute atomic E-state index is 12.9. The Kier molecular flexibility index (Phi) is 6.55. The monoisotopic (exact) mass is 442 g/mol. The molecule has 0 saturated carbocycles. The van der Waals surface area contributed by atoms with E-state index in [-0.39, 0.29) is 12.0 Å². The van der Waals surface area contributed by atoms with Gasteiger partial charge in [0.05, 0.1) is 23.5 Å². The lowest BCUT2D eigenvalue weighted by Crippen LogP contribution is -2.15. The molecule has 33 heavy (non-hydrogen) atoms. The molecule has 8 heteroatoms. The summed E-state index contributed by atoms with van der Waals surface area (Å²) < 4.78 is 5.48. The van der Waals surface area contributed by atoms with Gasteiger partial charge in [0.15, 0.2) is 0 Å². The van der Waals surface area contributed by atoms with Crippen LogP contribution in [-0.4, -0.2) is 40.0 Å². The highest BCUT2D eigenvalue weighted by Gasteiger charge is 2.14. The highest BCUT2D eigenvalue weighted by Crippen LogP contribution is 2.28. The molecule has 4 heterocycles. The Balaban J connectivity index is 1.61. The van der Waals surface area contributed by atoms with Crippen LogP contribution in [0, 0.1) is 6.92 Å². The van der Waals surface area contributed by atoms with Crippen LogP contribution in [0.25, 0.3) is 22.0 Å². The minimum atomic E-state index is -0.306. The lowest BCUT2D eigenvalue weighted by Gasteiger charge is -2.14. The fourth-order valence-corrected chi connectivity index (χ4v) is 3.70. The number of nitrogens with zero attached hydrogens (tertiary/aromatic N) is 4. The van der Waals surface area contributed by atoms with E-state index in [2.05, 4.69) is 30.6 Å². The van der Waals surface area contributed by atoms with Gasteiger partial charge in [-0.3, -0.25) is 19.7 Å². The number of carbonyl (C=O) groups excluding carboxylic acids is 1. The Hall–Kier alpha value is -3.91. The van der Waals surface area contributed by atoms with Crippen LogP contribution >= 0.6 is 0 Å². The number of nitrogens with one attached hydrogen (secondary N) is 2. The van der Waals surface area contributed by atoms with E-state index in [0.29, 0.717) is 11.4 Å². The lowest BCUT2D eigenvalue weighted by atomic mass is 10.0. The van der Waals surface area contributed by atoms with Crippen LogP contribution in [0.2, 0.25) is 0 Å². The molecule has 0 aliphatic heterocycles. The number of amides is 1. The van der Waals surface area contributed by atoms with Crippen LogP contribution in [0.4, 0.5) is 11.5 Å². The standard InChI is InChI=1S/C25H26N6O2/c1-5-23(33-4)16-6-7-27-22(9-16)25(32)31-19-10-20(15(2)28-14-19)17-8-18-13-30-24(26-3)11-21(18)29-12-17/h6-14,23H,5H2,1-4H3,(H,26,30)(H,31,32). The molecule has 168 valence electrons. The molecular weight excluding hydrogens is 416 g/mol. The Bertz CT molecular complexity index is 1300. The van der Waals surface area contributed by atoms with Gasteiger partial charge in [-0.1, -0.05) is 6.92 Å². The quantitative estimate of drug-likeness (QED) is 0.424. The molecule has 0 bridgehead atoms. The third-order valence-electron chi connectivity index (χ3n) is 5.52. The van der Waals surface area contributed by atoms with Crippen molar-refractivity contribution in [3.8, 4) is 11.1 Å². The summed E-state index contributed by atoms with van der Waals surface area (Å²) in [6, 6.07) is 9.43. The number of hydrogen-bond acceptors (Lipinski definition) is 7. The number of pyridine rings is 4. The molecule has 4 aromatic rings. The second-order valence-electron chi connectivity index (χ2n) is 7.65. The fraction of sp³-hybridized carbons (Fsp3) is 0.240. The molecule has 4 aromatic heterocycles. The molecule has 0 radical (unpaired) electrons. The van der Waals surface area contributed by atoms with Crippen LogP contribution in [0.1, 0.15) is 41.2 Å². The largest absolute Gasteiger partial charge is 0.377 e. The van der Waals surface area contributed by atoms with Gasteiger partial charge in [-0.2, -0.15) is 0 Å². The zero-order valence-corrected chi connectivity index (χ0v) is 19.1. The van der Waals surface area contributed by atoms with Gasteiger partial charge in [0.1, 0.15) is 11.5 Å². The zero-order valence-electron chi connectivity index (χ0n) is 19.1. The van der Waals surface area contributed by atoms with E-state index >= 15 is 0 Å². The highest BCUT2D eigenvalue weighted by atomic mass is 16.5. The molecule has 8 nitrogen and oxygen atoms in total. The molecule has 0 aliphatic carbocycles. The van der Waals surface area contributed by atoms with Crippen LogP contribution in [-0.2, 0) is 4.74 Å². The topological polar surface area (TPSA) is 102 Å². The zero-order chi connectivity index (χ0) is 23.4. The van der Waals surface area contributed by atoms with Crippen molar-refractivity contribution in [3.05, 3.63) is 72.1 Å². The molecular formula is C25H26N6O2. The minimum absolute atomic E-state index is 0.0775. The predicted octanol–water partition coefficient (Wildman–Crippen LogP) is 4.79. The Morgan fingerprint density at radius 3 is 2.67 bits per heavy atom. The maximum Gasteiger partial charge on any atom is 0.274 e. The van der Waals surface area contributed by atoms with Gasteiger partial charge in [-0.15, -0.1) is 0 Å². The number of aromatic nitrogens is 4. The minimum Gasteiger partial charge on any atom is -0.377 e. The van der Waals surface area contributed by atoms with Gasteiger partial charge < -0.3 is 15.4 Å². The number of rotatable bonds is 7. The highest BCUT2D eigenvalue weighted by molar-refractivity contribution is 6.03. The first kappa shape index (κ1) is 22.3. The molecule has 2 N–H and O–H groups in total. The SMILES string of the molecule is CCC(OC)c1ccnc(C(=O)Nc2cnc(C)c(-c3cnc4cc(NC)ncc4c3)c2)c1. The van der Waals surface area contributed by atoms with Crippen molar-refractivity contribution in [2.45, 2.75) is 26.4 Å². The first-order chi connectivity index (χ1) is 16.0. The summed E-state index contributed by atoms with van der Waals surface area (Å²) in [5.74, 6) is 0.457. The summed E-state index contributed by atoms with van der Waals surface area (Å²) in [6.07, 6.45) is 7.58. The van der Waals surface area contributed by atoms with Crippen molar-refractivity contribution in [2.24, 2.45) is 0 Å². The van der Waals surface area contributed by atoms with Gasteiger partial charge in [-0.05, 0) is 43.2 Å². The first-order valence-electron chi connectivity index (χ1n) is 10.7. The molecule has 1 atom stereocenters. The van der Waals surface area contributed by atoms with E-state index in [1.807, 2.05) is 45.2 Å². The summed E-state index contributed by atoms with van der Waals surface area (Å²) in [7, 11) is 3.48. The van der Waals surface area contributed by atoms with Crippen molar-refractivity contribution in [2.75, 3.05) is 24.8 Å². The Labute approximate surface area is 192 Å². The van der Waals surface area contributed by atoms with Gasteiger partial charge in [-0.25, -0.2) is 4.98 Å². The van der Waals surface area contributed by atoms with E-state index < -0.39 is 0 Å². The van der Waals surface area contributed by atoms with Crippen molar-refractivity contribution < 1.29 is 9.53 Å². The summed E-state index contributed by atoms with van der Waals surface area (Å²) in [4.78, 5) is 30.5. The normalized spacial score (nSPS) is 11.9. The second-order valence-corrected chi connectivity index (χ2v) is 7.65. The number of anilines is 2. The summed E-state index contributed by atoms with van der Waals surface area (Å²) in [6.45, 7) is 3.96. The van der Waals surface area contributed by atoms with Crippen LogP contribution in [0.15, 0.2) is 55.1 Å². The molecule has 0 saturated heterocycles. The van der Waals surface area contributed by atoms with E-state index in [1.165, 1.54) is 0 Å². The summed E-state index contributed by atoms with van der Waals surface area (Å²) >= 11 is 0. The molecule has 1 amide bonds. The molecule has 1 unspecified atom stereocenters. The Morgan fingerprint density at radius 2 is 1.91 bits per heavy atom. The van der Waals surface area contributed by atoms with Gasteiger partial charge >= 0.3 is 0 Å². The second kappa shape index (κ2) is 9.70. The van der Waals surface area contributed by atoms with Gasteiger partial charge in [0.25, 0.3) is 5.91 Å². The third kappa shape index (κ3) is 4.80. The number of aryl methyl sites for hydroxylation is 1. The Morgan fingerprint density at radius 1 is 1.06 bits per heavy atom. The number of methoxy groups -OCH3 is 1. The van der Waals surface area contributed by atoms with Crippen molar-refractivity contribution >= 4 is 28.3 Å².